The van der Waals surface area contributed by atoms with Crippen molar-refractivity contribution in [3.63, 3.8) is 0 Å². The fraction of sp³-hybridized carbons (Fsp3) is 0.154. The lowest BCUT2D eigenvalue weighted by molar-refractivity contribution is -0.384. The summed E-state index contributed by atoms with van der Waals surface area (Å²) in [7, 11) is 0. The van der Waals surface area contributed by atoms with Crippen molar-refractivity contribution in [2.45, 2.75) is 6.42 Å². The van der Waals surface area contributed by atoms with Gasteiger partial charge in [0.15, 0.2) is 0 Å². The van der Waals surface area contributed by atoms with Gasteiger partial charge in [0.25, 0.3) is 11.6 Å². The number of carbonyl (C=O) groups is 2. The van der Waals surface area contributed by atoms with Crippen LogP contribution in [0.25, 0.3) is 6.08 Å². The van der Waals surface area contributed by atoms with E-state index in [0.717, 1.165) is 16.7 Å². The van der Waals surface area contributed by atoms with Crippen LogP contribution in [0, 0.1) is 10.1 Å². The normalized spacial score (nSPS) is 16.2. The van der Waals surface area contributed by atoms with Crippen molar-refractivity contribution < 1.29 is 19.6 Å². The summed E-state index contributed by atoms with van der Waals surface area (Å²) in [6, 6.07) is 3.86. The summed E-state index contributed by atoms with van der Waals surface area (Å²) >= 11 is 12.0. The zero-order chi connectivity index (χ0) is 17.1. The van der Waals surface area contributed by atoms with Crippen molar-refractivity contribution >= 4 is 63.5 Å². The van der Waals surface area contributed by atoms with Gasteiger partial charge >= 0.3 is 0 Å². The lowest BCUT2D eigenvalue weighted by Crippen LogP contribution is -2.33. The molecular formula is C13H8ClN2O5S2-. The first kappa shape index (κ1) is 17.4. The fourth-order valence-corrected chi connectivity index (χ4v) is 3.26. The van der Waals surface area contributed by atoms with E-state index in [2.05, 4.69) is 0 Å². The minimum absolute atomic E-state index is 0.0903. The highest BCUT2D eigenvalue weighted by Gasteiger charge is 2.31. The van der Waals surface area contributed by atoms with E-state index in [1.165, 1.54) is 24.3 Å². The van der Waals surface area contributed by atoms with Gasteiger partial charge in [-0.15, -0.1) is 0 Å². The molecule has 1 heterocycles. The van der Waals surface area contributed by atoms with Gasteiger partial charge in [0, 0.05) is 41.7 Å². The minimum atomic E-state index is -1.29. The fourth-order valence-electron chi connectivity index (χ4n) is 1.79. The molecule has 0 atom stereocenters. The number of nitro groups is 1. The number of nitro benzene ring substituents is 1. The Balaban J connectivity index is 2.28. The summed E-state index contributed by atoms with van der Waals surface area (Å²) < 4.78 is 0.212. The van der Waals surface area contributed by atoms with Crippen molar-refractivity contribution in [3.8, 4) is 0 Å². The molecule has 1 saturated heterocycles. The zero-order valence-electron chi connectivity index (χ0n) is 11.4. The van der Waals surface area contributed by atoms with Crippen molar-refractivity contribution in [1.82, 2.24) is 4.90 Å². The van der Waals surface area contributed by atoms with E-state index in [1.807, 2.05) is 0 Å². The first-order valence-electron chi connectivity index (χ1n) is 6.18. The molecule has 1 aromatic carbocycles. The summed E-state index contributed by atoms with van der Waals surface area (Å²) in [5.74, 6) is -1.76. The number of carboxylic acids is 1. The number of thioether (sulfide) groups is 1. The number of carbonyl (C=O) groups excluding carboxylic acids is 2. The van der Waals surface area contributed by atoms with Crippen molar-refractivity contribution in [3.05, 3.63) is 43.8 Å². The Kier molecular flexibility index (Phi) is 5.34. The van der Waals surface area contributed by atoms with Gasteiger partial charge in [0.2, 0.25) is 0 Å². The maximum absolute atomic E-state index is 12.2. The van der Waals surface area contributed by atoms with Crippen LogP contribution in [0.15, 0.2) is 23.1 Å². The van der Waals surface area contributed by atoms with Crippen LogP contribution >= 0.6 is 35.6 Å². The molecule has 0 radical (unpaired) electrons. The number of non-ortho nitro benzene ring substituents is 1. The number of halogens is 1. The van der Waals surface area contributed by atoms with Gasteiger partial charge in [-0.05, 0) is 12.1 Å². The lowest BCUT2D eigenvalue weighted by Gasteiger charge is -2.14. The summed E-state index contributed by atoms with van der Waals surface area (Å²) in [4.78, 5) is 34.3. The van der Waals surface area contributed by atoms with Crippen LogP contribution in [0.1, 0.15) is 12.0 Å². The zero-order valence-corrected chi connectivity index (χ0v) is 13.7. The second-order valence-electron chi connectivity index (χ2n) is 4.42. The van der Waals surface area contributed by atoms with Crippen LogP contribution < -0.4 is 5.11 Å². The third-order valence-electron chi connectivity index (χ3n) is 2.89. The van der Waals surface area contributed by atoms with Gasteiger partial charge in [-0.3, -0.25) is 19.8 Å². The Morgan fingerprint density at radius 2 is 2.17 bits per heavy atom. The second kappa shape index (κ2) is 7.07. The highest BCUT2D eigenvalue weighted by molar-refractivity contribution is 8.26. The molecule has 7 nitrogen and oxygen atoms in total. The number of rotatable bonds is 5. The molecule has 0 saturated carbocycles. The van der Waals surface area contributed by atoms with E-state index in [4.69, 9.17) is 23.8 Å². The van der Waals surface area contributed by atoms with E-state index < -0.39 is 16.8 Å². The Bertz CT molecular complexity index is 750. The number of benzene rings is 1. The van der Waals surface area contributed by atoms with E-state index in [1.54, 1.807) is 0 Å². The molecule has 23 heavy (non-hydrogen) atoms. The van der Waals surface area contributed by atoms with E-state index in [0.29, 0.717) is 5.56 Å². The highest BCUT2D eigenvalue weighted by atomic mass is 35.5. The summed E-state index contributed by atoms with van der Waals surface area (Å²) in [6.07, 6.45) is 1.06. The van der Waals surface area contributed by atoms with Crippen LogP contribution in [0.4, 0.5) is 5.69 Å². The van der Waals surface area contributed by atoms with Gasteiger partial charge in [-0.1, -0.05) is 35.6 Å². The largest absolute Gasteiger partial charge is 0.550 e. The second-order valence-corrected chi connectivity index (χ2v) is 6.50. The predicted octanol–water partition coefficient (Wildman–Crippen LogP) is 1.59. The molecule has 0 N–H and O–H groups in total. The van der Waals surface area contributed by atoms with Crippen molar-refractivity contribution in [2.75, 3.05) is 6.54 Å². The van der Waals surface area contributed by atoms with Gasteiger partial charge < -0.3 is 9.90 Å². The monoisotopic (exact) mass is 371 g/mol. The van der Waals surface area contributed by atoms with Crippen LogP contribution in [0.5, 0.6) is 0 Å². The molecule has 0 aromatic heterocycles. The van der Waals surface area contributed by atoms with Gasteiger partial charge in [0.05, 0.1) is 9.83 Å². The number of hydrogen-bond acceptors (Lipinski definition) is 7. The molecule has 0 unspecified atom stereocenters. The maximum Gasteiger partial charge on any atom is 0.270 e. The van der Waals surface area contributed by atoms with Gasteiger partial charge in [-0.2, -0.15) is 0 Å². The van der Waals surface area contributed by atoms with Crippen LogP contribution in [-0.2, 0) is 9.59 Å². The standard InChI is InChI=1S/C13H9ClN2O5S2/c14-9-2-1-8(16(20)21)5-7(9)6-10-12(19)15(13(22)23-10)4-3-11(17)18/h1-2,5-6H,3-4H2,(H,17,18)/p-1/b10-6+. The molecule has 120 valence electrons. The molecule has 1 aromatic rings. The number of amides is 1. The smallest absolute Gasteiger partial charge is 0.270 e. The van der Waals surface area contributed by atoms with Gasteiger partial charge in [0.1, 0.15) is 4.32 Å². The van der Waals surface area contributed by atoms with Crippen LogP contribution in [-0.4, -0.2) is 32.6 Å². The SMILES string of the molecule is O=C([O-])CCN1C(=O)/C(=C\c2cc([N+](=O)[O-])ccc2Cl)SC1=S. The first-order chi connectivity index (χ1) is 10.8. The number of carboxylic acid groups (broad SMARTS) is 1. The molecule has 1 fully saturated rings. The Morgan fingerprint density at radius 3 is 2.78 bits per heavy atom. The predicted molar refractivity (Wildman–Crippen MR) is 87.6 cm³/mol. The molecule has 0 aliphatic carbocycles. The average molecular weight is 372 g/mol. The lowest BCUT2D eigenvalue weighted by atomic mass is 10.2. The van der Waals surface area contributed by atoms with Gasteiger partial charge in [-0.25, -0.2) is 0 Å². The third-order valence-corrected chi connectivity index (χ3v) is 4.61. The number of nitrogens with zero attached hydrogens (tertiary/aromatic N) is 2. The molecule has 0 spiro atoms. The molecule has 0 bridgehead atoms. The summed E-state index contributed by atoms with van der Waals surface area (Å²) in [5, 5.41) is 21.5. The molecule has 1 aliphatic rings. The number of hydrogen-bond donors (Lipinski definition) is 0. The van der Waals surface area contributed by atoms with E-state index in [-0.39, 0.29) is 32.9 Å². The Labute approximate surface area is 145 Å². The molecular weight excluding hydrogens is 364 g/mol. The Hall–Kier alpha value is -1.97. The minimum Gasteiger partial charge on any atom is -0.550 e. The summed E-state index contributed by atoms with van der Waals surface area (Å²) in [5.41, 5.74) is 0.148. The molecule has 10 heteroatoms. The van der Waals surface area contributed by atoms with Crippen molar-refractivity contribution in [1.29, 1.82) is 0 Å². The topological polar surface area (TPSA) is 104 Å². The number of aliphatic carboxylic acids is 1. The first-order valence-corrected chi connectivity index (χ1v) is 7.79. The number of thiocarbonyl (C=S) groups is 1. The Morgan fingerprint density at radius 1 is 1.48 bits per heavy atom. The van der Waals surface area contributed by atoms with Crippen LogP contribution in [0.3, 0.4) is 0 Å². The third kappa shape index (κ3) is 4.06. The van der Waals surface area contributed by atoms with Crippen LogP contribution in [0.2, 0.25) is 5.02 Å². The van der Waals surface area contributed by atoms with E-state index in [9.17, 15) is 24.8 Å². The average Bonchev–Trinajstić information content (AvgIpc) is 2.73. The molecule has 1 amide bonds. The quantitative estimate of drug-likeness (QED) is 0.335. The molecule has 1 aliphatic heterocycles. The maximum atomic E-state index is 12.2. The van der Waals surface area contributed by atoms with Crippen molar-refractivity contribution in [2.24, 2.45) is 0 Å². The molecule has 2 rings (SSSR count). The van der Waals surface area contributed by atoms with E-state index >= 15 is 0 Å². The highest BCUT2D eigenvalue weighted by Crippen LogP contribution is 2.34. The summed E-state index contributed by atoms with van der Waals surface area (Å²) in [6.45, 7) is -0.0903.